The number of carbonyl (C=O) groups is 11. The lowest BCUT2D eigenvalue weighted by atomic mass is 9.95. The van der Waals surface area contributed by atoms with Crippen LogP contribution in [-0.2, 0) is 57.5 Å². The molecule has 0 aromatic carbocycles. The van der Waals surface area contributed by atoms with E-state index in [4.69, 9.17) is 80.8 Å². The van der Waals surface area contributed by atoms with Crippen LogP contribution in [-0.4, -0.2) is 217 Å². The van der Waals surface area contributed by atoms with Gasteiger partial charge in [0.15, 0.2) is 12.2 Å². The van der Waals surface area contributed by atoms with Gasteiger partial charge >= 0.3 is 59.7 Å². The van der Waals surface area contributed by atoms with E-state index in [0.717, 1.165) is 14.0 Å². The Labute approximate surface area is 373 Å². The molecule has 36 nitrogen and oxygen atoms in total. The molecule has 39 heteroatoms. The Kier molecular flexibility index (Phi) is 163. The van der Waals surface area contributed by atoms with Crippen LogP contribution in [0.5, 0.6) is 0 Å². The number of esters is 1. The molecule has 384 valence electrons. The summed E-state index contributed by atoms with van der Waals surface area (Å²) in [6, 6.07) is 0. The van der Waals surface area contributed by atoms with E-state index in [0.29, 0.717) is 0 Å². The van der Waals surface area contributed by atoms with E-state index in [1.54, 1.807) is 0 Å². The third-order valence-electron chi connectivity index (χ3n) is 3.40. The minimum absolute atomic E-state index is 0. The number of hydrogen-bond acceptors (Lipinski definition) is 15. The molecule has 2 atom stereocenters. The molecule has 0 spiro atoms. The van der Waals surface area contributed by atoms with Crippen molar-refractivity contribution in [3.63, 3.8) is 0 Å². The van der Waals surface area contributed by atoms with Crippen LogP contribution < -0.4 is 0 Å². The van der Waals surface area contributed by atoms with Crippen LogP contribution in [0.4, 0.5) is 0 Å². The standard InChI is InChI=1S/C9H12O8.C4H6O6.C4H6O4.C2H2O4.C2H4O2.CH4O.BrH.ClH.HI.11H2O/c1-2-7(14)17-9(8(15)16,3-5(10)11)4-6(12)13;5-1(3(7)8)2(6)4(9)10;5-3(6)1-2-4(7)8;3-1(4)2(5)6;1-2(3)4;1-2;;;;;;;;;;;;;;/h2-4H2,1H3,(H,10,11)(H,12,13)(H,15,16);1-2,5-6H,(H,7,8)(H,9,10);1-2H2,(H,5,6)(H,7,8);(H,3,4)(H,5,6);1H3,(H,3,4);2H,1H3;3*1H;11*1H2. The van der Waals surface area contributed by atoms with Crippen LogP contribution >= 0.6 is 53.4 Å². The Balaban J connectivity index is -0.0000000190. The molecular weight excluding hydrogens is 1080 g/mol. The van der Waals surface area contributed by atoms with Crippen molar-refractivity contribution in [2.24, 2.45) is 0 Å². The first-order valence-corrected chi connectivity index (χ1v) is 11.4. The van der Waals surface area contributed by atoms with Crippen LogP contribution in [0.1, 0.15) is 46.0 Å². The highest BCUT2D eigenvalue weighted by molar-refractivity contribution is 14.0. The van der Waals surface area contributed by atoms with Gasteiger partial charge in [-0.1, -0.05) is 6.92 Å². The molecule has 35 N–H and O–H groups in total. The number of aliphatic hydroxyl groups is 3. The maximum atomic E-state index is 11.0. The Morgan fingerprint density at radius 3 is 0.787 bits per heavy atom. The maximum absolute atomic E-state index is 11.0. The van der Waals surface area contributed by atoms with Gasteiger partial charge in [0, 0.05) is 20.5 Å². The minimum atomic E-state index is -2.56. The van der Waals surface area contributed by atoms with Gasteiger partial charge in [-0.3, -0.25) is 28.8 Å². The number of carboxylic acid groups (broad SMARTS) is 10. The van der Waals surface area contributed by atoms with Crippen molar-refractivity contribution in [3.8, 4) is 0 Å². The molecule has 0 aromatic heterocycles. The number of hydrogen-bond donors (Lipinski definition) is 13. The van der Waals surface area contributed by atoms with Gasteiger partial charge in [0.1, 0.15) is 0 Å². The molecule has 0 fully saturated rings. The fraction of sp³-hybridized carbons (Fsp3) is 0.500. The van der Waals surface area contributed by atoms with Crippen molar-refractivity contribution in [2.45, 2.75) is 63.8 Å². The summed E-state index contributed by atoms with van der Waals surface area (Å²) < 4.78 is 4.47. The fourth-order valence-corrected chi connectivity index (χ4v) is 1.59. The van der Waals surface area contributed by atoms with Crippen LogP contribution in [0, 0.1) is 0 Å². The van der Waals surface area contributed by atoms with E-state index >= 15 is 0 Å². The Morgan fingerprint density at radius 2 is 0.689 bits per heavy atom. The second-order valence-electron chi connectivity index (χ2n) is 7.25. The number of rotatable bonds is 13. The monoisotopic (exact) mass is 1140 g/mol. The molecule has 0 saturated carbocycles. The molecule has 0 radical (unpaired) electrons. The molecule has 0 rings (SSSR count). The molecule has 0 heterocycles. The van der Waals surface area contributed by atoms with E-state index in [1.807, 2.05) is 0 Å². The summed E-state index contributed by atoms with van der Waals surface area (Å²) in [6.07, 6.45) is -7.53. The summed E-state index contributed by atoms with van der Waals surface area (Å²) in [5, 5.41) is 103. The van der Waals surface area contributed by atoms with Gasteiger partial charge in [0.2, 0.25) is 5.60 Å². The Bertz CT molecular complexity index is 1040. The lowest BCUT2D eigenvalue weighted by molar-refractivity contribution is -0.186. The van der Waals surface area contributed by atoms with Crippen molar-refractivity contribution < 1.29 is 184 Å². The van der Waals surface area contributed by atoms with Gasteiger partial charge in [0.25, 0.3) is 5.97 Å². The zero-order valence-electron chi connectivity index (χ0n) is 31.1. The number of carboxylic acids is 10. The average molecular weight is 1140 g/mol. The molecule has 0 aliphatic carbocycles. The van der Waals surface area contributed by atoms with E-state index in [-0.39, 0.29) is 133 Å². The highest BCUT2D eigenvalue weighted by Gasteiger charge is 2.46. The minimum Gasteiger partial charge on any atom is -0.481 e. The topological polar surface area (TPSA) is 806 Å². The molecule has 0 amide bonds. The molecule has 0 saturated heterocycles. The van der Waals surface area contributed by atoms with E-state index in [1.165, 1.54) is 6.92 Å². The van der Waals surface area contributed by atoms with Gasteiger partial charge < -0.3 is 131 Å². The van der Waals surface area contributed by atoms with Crippen LogP contribution in [0.25, 0.3) is 0 Å². The van der Waals surface area contributed by atoms with E-state index in [9.17, 15) is 38.4 Å². The normalized spacial score (nSPS) is 7.90. The van der Waals surface area contributed by atoms with E-state index in [2.05, 4.69) is 4.74 Å². The zero-order chi connectivity index (χ0) is 39.2. The third kappa shape index (κ3) is 102. The van der Waals surface area contributed by atoms with Crippen molar-refractivity contribution in [1.29, 1.82) is 0 Å². The fourth-order valence-electron chi connectivity index (χ4n) is 1.59. The highest BCUT2D eigenvalue weighted by atomic mass is 127. The SMILES string of the molecule is Br.CC(=O)O.CCC(=O)OC(CC(=O)O)(CC(=O)O)C(=O)O.CO.Cl.I.O.O.O.O.O.O.O.O.O.O.O.O=C(O)C(=O)O.O=C(O)C(O)C(O)C(=O)O.O=C(O)CCC(=O)O. The van der Waals surface area contributed by atoms with Crippen molar-refractivity contribution in [3.05, 3.63) is 0 Å². The van der Waals surface area contributed by atoms with Gasteiger partial charge in [-0.05, 0) is 0 Å². The lowest BCUT2D eigenvalue weighted by Crippen LogP contribution is -2.46. The van der Waals surface area contributed by atoms with Gasteiger partial charge in [-0.2, -0.15) is 0 Å². The summed E-state index contributed by atoms with van der Waals surface area (Å²) in [5.41, 5.74) is -2.56. The first-order valence-electron chi connectivity index (χ1n) is 11.4. The molecule has 61 heavy (non-hydrogen) atoms. The van der Waals surface area contributed by atoms with Crippen molar-refractivity contribution >= 4 is 119 Å². The molecular formula is C22H59BrClIO36. The van der Waals surface area contributed by atoms with Gasteiger partial charge in [-0.25, -0.2) is 24.0 Å². The molecule has 0 aromatic rings. The number of ether oxygens (including phenoxy) is 1. The zero-order valence-corrected chi connectivity index (χ0v) is 36.0. The highest BCUT2D eigenvalue weighted by Crippen LogP contribution is 2.23. The summed E-state index contributed by atoms with van der Waals surface area (Å²) >= 11 is 0. The molecule has 0 bridgehead atoms. The van der Waals surface area contributed by atoms with Crippen LogP contribution in [0.3, 0.4) is 0 Å². The van der Waals surface area contributed by atoms with Crippen molar-refractivity contribution in [2.75, 3.05) is 7.11 Å². The van der Waals surface area contributed by atoms with Gasteiger partial charge in [-0.15, -0.1) is 53.4 Å². The maximum Gasteiger partial charge on any atom is 0.414 e. The number of halogens is 3. The number of aliphatic hydroxyl groups excluding tert-OH is 3. The molecule has 0 aliphatic heterocycles. The van der Waals surface area contributed by atoms with Crippen molar-refractivity contribution in [1.82, 2.24) is 0 Å². The Hall–Kier alpha value is -4.89. The first-order chi connectivity index (χ1) is 21.2. The van der Waals surface area contributed by atoms with E-state index < -0.39 is 96.3 Å². The quantitative estimate of drug-likeness (QED) is 0.0463. The lowest BCUT2D eigenvalue weighted by Gasteiger charge is -2.25. The average Bonchev–Trinajstić information content (AvgIpc) is 2.91. The summed E-state index contributed by atoms with van der Waals surface area (Å²) in [4.78, 5) is 109. The summed E-state index contributed by atoms with van der Waals surface area (Å²) in [6.45, 7) is 2.45. The number of aliphatic carboxylic acids is 10. The predicted octanol–water partition coefficient (Wildman–Crippen LogP) is -11.1. The number of carbonyl (C=O) groups excluding carboxylic acids is 1. The summed E-state index contributed by atoms with van der Waals surface area (Å²) in [5.74, 6) is -16.1. The van der Waals surface area contributed by atoms with Gasteiger partial charge in [0.05, 0.1) is 25.7 Å². The smallest absolute Gasteiger partial charge is 0.414 e. The van der Waals surface area contributed by atoms with Crippen LogP contribution in [0.15, 0.2) is 0 Å². The largest absolute Gasteiger partial charge is 0.481 e. The second-order valence-corrected chi connectivity index (χ2v) is 7.25. The van der Waals surface area contributed by atoms with Crippen LogP contribution in [0.2, 0.25) is 0 Å². The predicted molar refractivity (Wildman–Crippen MR) is 213 cm³/mol. The summed E-state index contributed by atoms with van der Waals surface area (Å²) in [7, 11) is 1.00. The third-order valence-corrected chi connectivity index (χ3v) is 3.40. The molecule has 2 unspecified atom stereocenters. The molecule has 0 aliphatic rings. The Morgan fingerprint density at radius 1 is 0.492 bits per heavy atom. The first kappa shape index (κ1) is 131. The second kappa shape index (κ2) is 75.9.